The average molecular weight is 198 g/mol. The molecule has 66 valence electrons. The van der Waals surface area contributed by atoms with Gasteiger partial charge in [-0.05, 0) is 7.05 Å². The molecule has 1 heterocycles. The Hall–Kier alpha value is -0.250. The molecule has 1 aromatic rings. The predicted octanol–water partition coefficient (Wildman–Crippen LogP) is 0.946. The van der Waals surface area contributed by atoms with Crippen molar-refractivity contribution in [3.63, 3.8) is 0 Å². The van der Waals surface area contributed by atoms with Crippen molar-refractivity contribution in [2.24, 2.45) is 0 Å². The fourth-order valence-corrected chi connectivity index (χ4v) is 0.660. The maximum Gasteiger partial charge on any atom is 0.0946 e. The topological polar surface area (TPSA) is 29.9 Å². The molecule has 3 nitrogen and oxygen atoms in total. The third-order valence-corrected chi connectivity index (χ3v) is 1.18. The quantitative estimate of drug-likeness (QED) is 0.783. The third kappa shape index (κ3) is 5.07. The number of imidazole rings is 1. The second-order valence-corrected chi connectivity index (χ2v) is 1.90. The first kappa shape index (κ1) is 13.3. The second kappa shape index (κ2) is 7.85. The Labute approximate surface area is 79.0 Å². The number of halogens is 2. The van der Waals surface area contributed by atoms with Crippen LogP contribution in [0.4, 0.5) is 0 Å². The standard InChI is InChI=1S/C6H11N3.2ClH/c1-7-2-4-9-5-3-8-6-9;;/h3,5-7H,2,4H2,1H3;2*1H. The van der Waals surface area contributed by atoms with E-state index in [-0.39, 0.29) is 24.8 Å². The molecule has 1 N–H and O–H groups in total. The van der Waals surface area contributed by atoms with Gasteiger partial charge < -0.3 is 9.88 Å². The Balaban J connectivity index is 0. The molecule has 1 rings (SSSR count). The van der Waals surface area contributed by atoms with Gasteiger partial charge in [-0.3, -0.25) is 0 Å². The number of likely N-dealkylation sites (N-methyl/N-ethyl adjacent to an activating group) is 1. The zero-order chi connectivity index (χ0) is 6.53. The highest BCUT2D eigenvalue weighted by molar-refractivity contribution is 5.85. The summed E-state index contributed by atoms with van der Waals surface area (Å²) in [6.45, 7) is 1.99. The Morgan fingerprint density at radius 2 is 2.18 bits per heavy atom. The zero-order valence-corrected chi connectivity index (χ0v) is 7.99. The van der Waals surface area contributed by atoms with Crippen molar-refractivity contribution in [1.29, 1.82) is 0 Å². The highest BCUT2D eigenvalue weighted by atomic mass is 35.5. The minimum absolute atomic E-state index is 0. The van der Waals surface area contributed by atoms with Gasteiger partial charge in [0.1, 0.15) is 0 Å². The SMILES string of the molecule is CNCCn1ccnc1.Cl.Cl. The molecule has 0 aliphatic heterocycles. The van der Waals surface area contributed by atoms with Gasteiger partial charge in [-0.1, -0.05) is 0 Å². The molecule has 0 bridgehead atoms. The molecule has 0 unspecified atom stereocenters. The van der Waals surface area contributed by atoms with Gasteiger partial charge in [0.25, 0.3) is 0 Å². The largest absolute Gasteiger partial charge is 0.336 e. The van der Waals surface area contributed by atoms with Gasteiger partial charge in [0.05, 0.1) is 6.33 Å². The summed E-state index contributed by atoms with van der Waals surface area (Å²) in [5.74, 6) is 0. The molecule has 0 radical (unpaired) electrons. The fraction of sp³-hybridized carbons (Fsp3) is 0.500. The summed E-state index contributed by atoms with van der Waals surface area (Å²) in [6.07, 6.45) is 5.56. The number of hydrogen-bond donors (Lipinski definition) is 1. The van der Waals surface area contributed by atoms with Crippen molar-refractivity contribution in [2.45, 2.75) is 6.54 Å². The van der Waals surface area contributed by atoms with Crippen LogP contribution in [0, 0.1) is 0 Å². The van der Waals surface area contributed by atoms with Crippen molar-refractivity contribution in [1.82, 2.24) is 14.9 Å². The highest BCUT2D eigenvalue weighted by Gasteiger charge is 1.84. The molecule has 0 aliphatic rings. The van der Waals surface area contributed by atoms with E-state index in [1.165, 1.54) is 0 Å². The normalized spacial score (nSPS) is 8.09. The van der Waals surface area contributed by atoms with Crippen molar-refractivity contribution >= 4 is 24.8 Å². The van der Waals surface area contributed by atoms with Gasteiger partial charge >= 0.3 is 0 Å². The van der Waals surface area contributed by atoms with Crippen molar-refractivity contribution < 1.29 is 0 Å². The van der Waals surface area contributed by atoms with E-state index in [9.17, 15) is 0 Å². The number of hydrogen-bond acceptors (Lipinski definition) is 2. The lowest BCUT2D eigenvalue weighted by molar-refractivity contribution is 0.644. The zero-order valence-electron chi connectivity index (χ0n) is 6.36. The van der Waals surface area contributed by atoms with Crippen LogP contribution in [0.25, 0.3) is 0 Å². The predicted molar refractivity (Wildman–Crippen MR) is 50.6 cm³/mol. The average Bonchev–Trinajstić information content (AvgIpc) is 2.34. The maximum absolute atomic E-state index is 3.91. The van der Waals surface area contributed by atoms with E-state index in [2.05, 4.69) is 10.3 Å². The molecule has 0 aliphatic carbocycles. The van der Waals surface area contributed by atoms with E-state index in [4.69, 9.17) is 0 Å². The second-order valence-electron chi connectivity index (χ2n) is 1.90. The Kier molecular flexibility index (Phi) is 9.53. The molecule has 0 aromatic carbocycles. The monoisotopic (exact) mass is 197 g/mol. The smallest absolute Gasteiger partial charge is 0.0946 e. The minimum Gasteiger partial charge on any atom is -0.336 e. The van der Waals surface area contributed by atoms with Crippen molar-refractivity contribution in [3.05, 3.63) is 18.7 Å². The fourth-order valence-electron chi connectivity index (χ4n) is 0.660. The van der Waals surface area contributed by atoms with E-state index in [1.807, 2.05) is 24.1 Å². The number of rotatable bonds is 3. The number of nitrogens with zero attached hydrogens (tertiary/aromatic N) is 2. The lowest BCUT2D eigenvalue weighted by atomic mass is 10.6. The number of nitrogens with one attached hydrogen (secondary N) is 1. The molecule has 0 spiro atoms. The molecular weight excluding hydrogens is 185 g/mol. The molecule has 0 saturated carbocycles. The van der Waals surface area contributed by atoms with Gasteiger partial charge in [-0.2, -0.15) is 0 Å². The van der Waals surface area contributed by atoms with Crippen LogP contribution in [-0.4, -0.2) is 23.1 Å². The summed E-state index contributed by atoms with van der Waals surface area (Å²) in [5, 5.41) is 3.06. The van der Waals surface area contributed by atoms with Crippen LogP contribution in [0.2, 0.25) is 0 Å². The Bertz CT molecular complexity index is 153. The summed E-state index contributed by atoms with van der Waals surface area (Å²) in [5.41, 5.74) is 0. The lowest BCUT2D eigenvalue weighted by Crippen LogP contribution is -2.13. The minimum atomic E-state index is 0. The summed E-state index contributed by atoms with van der Waals surface area (Å²) in [6, 6.07) is 0. The molecule has 11 heavy (non-hydrogen) atoms. The van der Waals surface area contributed by atoms with Crippen LogP contribution in [0.3, 0.4) is 0 Å². The van der Waals surface area contributed by atoms with Crippen LogP contribution < -0.4 is 5.32 Å². The van der Waals surface area contributed by atoms with E-state index in [0.717, 1.165) is 13.1 Å². The Morgan fingerprint density at radius 1 is 1.45 bits per heavy atom. The highest BCUT2D eigenvalue weighted by Crippen LogP contribution is 1.82. The van der Waals surface area contributed by atoms with E-state index in [1.54, 1.807) is 6.20 Å². The molecule has 1 aromatic heterocycles. The summed E-state index contributed by atoms with van der Waals surface area (Å²) in [7, 11) is 1.94. The molecular formula is C6H13Cl2N3. The lowest BCUT2D eigenvalue weighted by Gasteiger charge is -1.98. The summed E-state index contributed by atoms with van der Waals surface area (Å²) in [4.78, 5) is 3.91. The van der Waals surface area contributed by atoms with Gasteiger partial charge in [-0.25, -0.2) is 4.98 Å². The van der Waals surface area contributed by atoms with Crippen LogP contribution >= 0.6 is 24.8 Å². The number of aromatic nitrogens is 2. The maximum atomic E-state index is 3.91. The van der Waals surface area contributed by atoms with Crippen molar-refractivity contribution in [3.8, 4) is 0 Å². The summed E-state index contributed by atoms with van der Waals surface area (Å²) < 4.78 is 2.04. The first-order valence-electron chi connectivity index (χ1n) is 3.04. The van der Waals surface area contributed by atoms with Gasteiger partial charge in [-0.15, -0.1) is 24.8 Å². The first-order valence-corrected chi connectivity index (χ1v) is 3.04. The van der Waals surface area contributed by atoms with Crippen LogP contribution in [0.1, 0.15) is 0 Å². The molecule has 0 saturated heterocycles. The molecule has 0 atom stereocenters. The van der Waals surface area contributed by atoms with Crippen LogP contribution in [0.5, 0.6) is 0 Å². The van der Waals surface area contributed by atoms with Crippen LogP contribution in [-0.2, 0) is 6.54 Å². The van der Waals surface area contributed by atoms with Gasteiger partial charge in [0.15, 0.2) is 0 Å². The molecule has 0 fully saturated rings. The molecule has 5 heteroatoms. The molecule has 0 amide bonds. The summed E-state index contributed by atoms with van der Waals surface area (Å²) >= 11 is 0. The van der Waals surface area contributed by atoms with Gasteiger partial charge in [0, 0.05) is 25.5 Å². The van der Waals surface area contributed by atoms with E-state index >= 15 is 0 Å². The van der Waals surface area contributed by atoms with Gasteiger partial charge in [0.2, 0.25) is 0 Å². The Morgan fingerprint density at radius 3 is 2.64 bits per heavy atom. The van der Waals surface area contributed by atoms with Crippen LogP contribution in [0.15, 0.2) is 18.7 Å². The first-order chi connectivity index (χ1) is 4.43. The van der Waals surface area contributed by atoms with E-state index < -0.39 is 0 Å². The van der Waals surface area contributed by atoms with Crippen molar-refractivity contribution in [2.75, 3.05) is 13.6 Å². The van der Waals surface area contributed by atoms with E-state index in [0.29, 0.717) is 0 Å². The third-order valence-electron chi connectivity index (χ3n) is 1.18.